The van der Waals surface area contributed by atoms with E-state index in [1.807, 2.05) is 30.3 Å². The van der Waals surface area contributed by atoms with E-state index < -0.39 is 0 Å². The summed E-state index contributed by atoms with van der Waals surface area (Å²) in [7, 11) is 1.66. The molecule has 24 heavy (non-hydrogen) atoms. The predicted molar refractivity (Wildman–Crippen MR) is 103 cm³/mol. The van der Waals surface area contributed by atoms with Gasteiger partial charge in [-0.05, 0) is 64.7 Å². The Morgan fingerprint density at radius 1 is 1.17 bits per heavy atom. The number of hydrogen-bond donors (Lipinski definition) is 1. The molecule has 0 aliphatic rings. The van der Waals surface area contributed by atoms with E-state index >= 15 is 0 Å². The van der Waals surface area contributed by atoms with E-state index in [2.05, 4.69) is 41.2 Å². The van der Waals surface area contributed by atoms with Gasteiger partial charge in [0, 0.05) is 17.6 Å². The molecule has 3 nitrogen and oxygen atoms in total. The van der Waals surface area contributed by atoms with Gasteiger partial charge in [0.15, 0.2) is 11.5 Å². The molecule has 0 saturated carbocycles. The summed E-state index contributed by atoms with van der Waals surface area (Å²) in [5.41, 5.74) is 2.20. The third-order valence-electron chi connectivity index (χ3n) is 3.85. The Morgan fingerprint density at radius 3 is 2.50 bits per heavy atom. The van der Waals surface area contributed by atoms with Gasteiger partial charge in [0.05, 0.1) is 11.6 Å². The Bertz CT molecular complexity index is 661. The Labute approximate surface area is 157 Å². The minimum atomic E-state index is 0.455. The average molecular weight is 413 g/mol. The van der Waals surface area contributed by atoms with Gasteiger partial charge in [-0.3, -0.25) is 0 Å². The number of benzene rings is 2. The summed E-state index contributed by atoms with van der Waals surface area (Å²) in [6.07, 6.45) is 1.10. The summed E-state index contributed by atoms with van der Waals surface area (Å²) in [4.78, 5) is 0. The molecule has 0 bridgehead atoms. The average Bonchev–Trinajstić information content (AvgIpc) is 2.59. The van der Waals surface area contributed by atoms with Crippen molar-refractivity contribution in [3.63, 3.8) is 0 Å². The van der Waals surface area contributed by atoms with Gasteiger partial charge in [-0.15, -0.1) is 0 Å². The Morgan fingerprint density at radius 2 is 1.88 bits per heavy atom. The highest BCUT2D eigenvalue weighted by molar-refractivity contribution is 9.10. The predicted octanol–water partition coefficient (Wildman–Crippen LogP) is 5.58. The molecule has 0 radical (unpaired) electrons. The number of rotatable bonds is 8. The molecule has 130 valence electrons. The fourth-order valence-corrected chi connectivity index (χ4v) is 2.92. The van der Waals surface area contributed by atoms with Crippen molar-refractivity contribution in [3.8, 4) is 11.5 Å². The van der Waals surface area contributed by atoms with Crippen LogP contribution >= 0.6 is 27.5 Å². The molecule has 5 heteroatoms. The lowest BCUT2D eigenvalue weighted by atomic mass is 10.1. The monoisotopic (exact) mass is 411 g/mol. The summed E-state index contributed by atoms with van der Waals surface area (Å²) in [5.74, 6) is 1.43. The van der Waals surface area contributed by atoms with Crippen molar-refractivity contribution < 1.29 is 9.47 Å². The zero-order chi connectivity index (χ0) is 17.5. The van der Waals surface area contributed by atoms with Crippen LogP contribution in [0.5, 0.6) is 11.5 Å². The number of hydrogen-bond acceptors (Lipinski definition) is 3. The van der Waals surface area contributed by atoms with E-state index in [9.17, 15) is 0 Å². The first kappa shape index (κ1) is 19.1. The van der Waals surface area contributed by atoms with Gasteiger partial charge in [0.2, 0.25) is 0 Å². The van der Waals surface area contributed by atoms with Crippen LogP contribution in [-0.4, -0.2) is 13.2 Å². The summed E-state index contributed by atoms with van der Waals surface area (Å²) < 4.78 is 12.3. The molecule has 0 aliphatic heterocycles. The minimum Gasteiger partial charge on any atom is -0.493 e. The molecule has 0 aliphatic carbocycles. The molecule has 0 aromatic heterocycles. The van der Waals surface area contributed by atoms with Crippen LogP contribution in [0.15, 0.2) is 40.9 Å². The minimum absolute atomic E-state index is 0.455. The van der Waals surface area contributed by atoms with Gasteiger partial charge in [-0.25, -0.2) is 0 Å². The van der Waals surface area contributed by atoms with Crippen molar-refractivity contribution in [1.82, 2.24) is 5.32 Å². The van der Waals surface area contributed by atoms with Gasteiger partial charge >= 0.3 is 0 Å². The molecule has 2 rings (SSSR count). The van der Waals surface area contributed by atoms with Crippen molar-refractivity contribution in [2.75, 3.05) is 7.11 Å². The van der Waals surface area contributed by atoms with Crippen LogP contribution in [0.2, 0.25) is 5.02 Å². The Kier molecular flexibility index (Phi) is 7.40. The van der Waals surface area contributed by atoms with Crippen molar-refractivity contribution in [1.29, 1.82) is 0 Å². The highest BCUT2D eigenvalue weighted by Gasteiger charge is 2.12. The fourth-order valence-electron chi connectivity index (χ4n) is 2.19. The third kappa shape index (κ3) is 5.40. The van der Waals surface area contributed by atoms with Crippen molar-refractivity contribution in [2.45, 2.75) is 39.5 Å². The first-order valence-corrected chi connectivity index (χ1v) is 9.17. The van der Waals surface area contributed by atoms with E-state index in [1.165, 1.54) is 0 Å². The highest BCUT2D eigenvalue weighted by atomic mass is 79.9. The van der Waals surface area contributed by atoms with Crippen LogP contribution in [0, 0.1) is 0 Å². The summed E-state index contributed by atoms with van der Waals surface area (Å²) in [5, 5.41) is 4.20. The molecular weight excluding hydrogens is 390 g/mol. The van der Waals surface area contributed by atoms with Crippen LogP contribution in [0.4, 0.5) is 0 Å². The van der Waals surface area contributed by atoms with Crippen LogP contribution in [-0.2, 0) is 13.2 Å². The maximum Gasteiger partial charge on any atom is 0.175 e. The normalized spacial score (nSPS) is 12.0. The Balaban J connectivity index is 2.10. The molecular formula is C19H23BrClNO2. The molecule has 1 atom stereocenters. The van der Waals surface area contributed by atoms with Gasteiger partial charge < -0.3 is 14.8 Å². The van der Waals surface area contributed by atoms with Gasteiger partial charge in [0.25, 0.3) is 0 Å². The molecule has 0 heterocycles. The third-order valence-corrected chi connectivity index (χ3v) is 4.69. The fraction of sp³-hybridized carbons (Fsp3) is 0.368. The smallest absolute Gasteiger partial charge is 0.175 e. The molecule has 2 aromatic carbocycles. The largest absolute Gasteiger partial charge is 0.493 e. The maximum absolute atomic E-state index is 5.95. The lowest BCUT2D eigenvalue weighted by Gasteiger charge is -2.16. The number of nitrogens with one attached hydrogen (secondary N) is 1. The van der Waals surface area contributed by atoms with Gasteiger partial charge in [-0.2, -0.15) is 0 Å². The van der Waals surface area contributed by atoms with Crippen molar-refractivity contribution >= 4 is 27.5 Å². The number of halogens is 2. The van der Waals surface area contributed by atoms with E-state index in [1.54, 1.807) is 7.11 Å². The Hall–Kier alpha value is -1.23. The highest BCUT2D eigenvalue weighted by Crippen LogP contribution is 2.37. The van der Waals surface area contributed by atoms with E-state index in [0.29, 0.717) is 18.4 Å². The van der Waals surface area contributed by atoms with Gasteiger partial charge in [-0.1, -0.05) is 30.7 Å². The first-order chi connectivity index (χ1) is 11.5. The van der Waals surface area contributed by atoms with Crippen LogP contribution in [0.25, 0.3) is 0 Å². The number of methoxy groups -OCH3 is 1. The zero-order valence-corrected chi connectivity index (χ0v) is 16.6. The molecule has 0 spiro atoms. The maximum atomic E-state index is 5.95. The first-order valence-electron chi connectivity index (χ1n) is 8.00. The van der Waals surface area contributed by atoms with Crippen molar-refractivity contribution in [3.05, 3.63) is 57.0 Å². The lowest BCUT2D eigenvalue weighted by Crippen LogP contribution is -2.24. The second-order valence-electron chi connectivity index (χ2n) is 5.71. The van der Waals surface area contributed by atoms with Crippen LogP contribution in [0.1, 0.15) is 31.4 Å². The standard InChI is InChI=1S/C19H23BrClNO2/c1-4-13(2)22-11-15-9-17(20)19(18(10-15)23-3)24-12-14-5-7-16(21)8-6-14/h5-10,13,22H,4,11-12H2,1-3H3/t13-/m0/s1. The topological polar surface area (TPSA) is 30.5 Å². The molecule has 0 fully saturated rings. The van der Waals surface area contributed by atoms with Crippen LogP contribution < -0.4 is 14.8 Å². The lowest BCUT2D eigenvalue weighted by molar-refractivity contribution is 0.282. The summed E-state index contributed by atoms with van der Waals surface area (Å²) in [6, 6.07) is 12.2. The quantitative estimate of drug-likeness (QED) is 0.614. The van der Waals surface area contributed by atoms with Crippen molar-refractivity contribution in [2.24, 2.45) is 0 Å². The van der Waals surface area contributed by atoms with E-state index in [4.69, 9.17) is 21.1 Å². The molecule has 0 saturated heterocycles. The van der Waals surface area contributed by atoms with Gasteiger partial charge in [0.1, 0.15) is 6.61 Å². The molecule has 2 aromatic rings. The SMILES string of the molecule is CC[C@H](C)NCc1cc(Br)c(OCc2ccc(Cl)cc2)c(OC)c1. The summed E-state index contributed by atoms with van der Waals surface area (Å²) >= 11 is 9.50. The molecule has 0 unspecified atom stereocenters. The van der Waals surface area contributed by atoms with E-state index in [0.717, 1.165) is 39.3 Å². The second-order valence-corrected chi connectivity index (χ2v) is 7.01. The molecule has 1 N–H and O–H groups in total. The zero-order valence-electron chi connectivity index (χ0n) is 14.2. The van der Waals surface area contributed by atoms with E-state index in [-0.39, 0.29) is 0 Å². The number of ether oxygens (including phenoxy) is 2. The second kappa shape index (κ2) is 9.30. The molecule has 0 amide bonds. The van der Waals surface area contributed by atoms with Crippen LogP contribution in [0.3, 0.4) is 0 Å². The summed E-state index contributed by atoms with van der Waals surface area (Å²) in [6.45, 7) is 5.59.